The molecule has 24 heavy (non-hydrogen) atoms. The lowest BCUT2D eigenvalue weighted by molar-refractivity contribution is 0.0498. The number of amides is 1. The molecule has 4 nitrogen and oxygen atoms in total. The number of nitrogens with one attached hydrogen (secondary N) is 2. The third-order valence-electron chi connectivity index (χ3n) is 4.48. The van der Waals surface area contributed by atoms with E-state index in [1.165, 1.54) is 16.7 Å². The summed E-state index contributed by atoms with van der Waals surface area (Å²) in [5, 5.41) is 6.57. The van der Waals surface area contributed by atoms with E-state index in [1.807, 2.05) is 20.8 Å². The molecule has 2 N–H and O–H groups in total. The summed E-state index contributed by atoms with van der Waals surface area (Å²) in [6.45, 7) is 11.0. The summed E-state index contributed by atoms with van der Waals surface area (Å²) in [7, 11) is 0. The summed E-state index contributed by atoms with van der Waals surface area (Å²) in [6, 6.07) is 7.21. The van der Waals surface area contributed by atoms with Crippen molar-refractivity contribution in [3.8, 4) is 0 Å². The van der Waals surface area contributed by atoms with Crippen LogP contribution in [0.1, 0.15) is 76.6 Å². The van der Waals surface area contributed by atoms with Crippen LogP contribution in [0.4, 0.5) is 4.79 Å². The summed E-state index contributed by atoms with van der Waals surface area (Å²) in [4.78, 5) is 12.1. The summed E-state index contributed by atoms with van der Waals surface area (Å²) in [5.74, 6) is 0. The molecule has 4 heteroatoms. The summed E-state index contributed by atoms with van der Waals surface area (Å²) < 4.78 is 5.40. The molecular formula is C20H32N2O2. The molecule has 2 atom stereocenters. The van der Waals surface area contributed by atoms with Gasteiger partial charge in [0.1, 0.15) is 5.60 Å². The minimum atomic E-state index is -0.465. The Labute approximate surface area is 146 Å². The van der Waals surface area contributed by atoms with Gasteiger partial charge in [-0.3, -0.25) is 0 Å². The van der Waals surface area contributed by atoms with Crippen LogP contribution in [-0.4, -0.2) is 17.7 Å². The normalized spacial score (nSPS) is 18.6. The zero-order valence-electron chi connectivity index (χ0n) is 15.7. The number of carbonyl (C=O) groups is 1. The molecule has 0 saturated heterocycles. The molecule has 0 heterocycles. The molecule has 134 valence electrons. The van der Waals surface area contributed by atoms with Crippen molar-refractivity contribution in [2.45, 2.75) is 84.5 Å². The third-order valence-corrected chi connectivity index (χ3v) is 4.48. The SMILES string of the molecule is CCC(C)NCc1ccc2c(c1)CCCC2NC(=O)OC(C)(C)C. The predicted molar refractivity (Wildman–Crippen MR) is 98.1 cm³/mol. The lowest BCUT2D eigenvalue weighted by atomic mass is 9.86. The van der Waals surface area contributed by atoms with Gasteiger partial charge in [0.15, 0.2) is 0 Å². The first kappa shape index (κ1) is 18.8. The molecule has 0 fully saturated rings. The van der Waals surface area contributed by atoms with Crippen molar-refractivity contribution in [2.24, 2.45) is 0 Å². The van der Waals surface area contributed by atoms with Crippen LogP contribution in [0, 0.1) is 0 Å². The maximum atomic E-state index is 12.1. The van der Waals surface area contributed by atoms with E-state index in [0.29, 0.717) is 6.04 Å². The second-order valence-electron chi connectivity index (χ2n) is 7.81. The Kier molecular flexibility index (Phi) is 6.27. The van der Waals surface area contributed by atoms with Gasteiger partial charge in [-0.2, -0.15) is 0 Å². The van der Waals surface area contributed by atoms with Crippen LogP contribution in [0.25, 0.3) is 0 Å². The largest absolute Gasteiger partial charge is 0.444 e. The number of carbonyl (C=O) groups excluding carboxylic acids is 1. The number of hydrogen-bond donors (Lipinski definition) is 2. The smallest absolute Gasteiger partial charge is 0.408 e. The second-order valence-corrected chi connectivity index (χ2v) is 7.81. The van der Waals surface area contributed by atoms with Crippen molar-refractivity contribution in [1.82, 2.24) is 10.6 Å². The number of benzene rings is 1. The van der Waals surface area contributed by atoms with Crippen LogP contribution in [-0.2, 0) is 17.7 Å². The zero-order chi connectivity index (χ0) is 17.7. The van der Waals surface area contributed by atoms with E-state index in [-0.39, 0.29) is 12.1 Å². The van der Waals surface area contributed by atoms with Crippen LogP contribution in [0.15, 0.2) is 18.2 Å². The highest BCUT2D eigenvalue weighted by Crippen LogP contribution is 2.30. The number of hydrogen-bond acceptors (Lipinski definition) is 3. The molecule has 1 aromatic carbocycles. The van der Waals surface area contributed by atoms with E-state index in [0.717, 1.165) is 32.2 Å². The molecule has 0 spiro atoms. The number of rotatable bonds is 5. The minimum absolute atomic E-state index is 0.0557. The molecule has 2 unspecified atom stereocenters. The molecule has 0 saturated carbocycles. The second kappa shape index (κ2) is 8.02. The third kappa shape index (κ3) is 5.52. The van der Waals surface area contributed by atoms with Gasteiger partial charge in [0, 0.05) is 12.6 Å². The van der Waals surface area contributed by atoms with E-state index in [9.17, 15) is 4.79 Å². The average molecular weight is 332 g/mol. The molecule has 1 aliphatic carbocycles. The van der Waals surface area contributed by atoms with Crippen LogP contribution in [0.3, 0.4) is 0 Å². The van der Waals surface area contributed by atoms with Crippen molar-refractivity contribution >= 4 is 6.09 Å². The monoisotopic (exact) mass is 332 g/mol. The summed E-state index contributed by atoms with van der Waals surface area (Å²) in [5.41, 5.74) is 3.43. The minimum Gasteiger partial charge on any atom is -0.444 e. The molecule has 1 aliphatic rings. The van der Waals surface area contributed by atoms with Gasteiger partial charge in [-0.25, -0.2) is 4.79 Å². The van der Waals surface area contributed by atoms with Crippen molar-refractivity contribution in [3.63, 3.8) is 0 Å². The quantitative estimate of drug-likeness (QED) is 0.836. The Morgan fingerprint density at radius 1 is 1.38 bits per heavy atom. The van der Waals surface area contributed by atoms with E-state index in [2.05, 4.69) is 42.7 Å². The maximum Gasteiger partial charge on any atom is 0.408 e. The van der Waals surface area contributed by atoms with E-state index in [4.69, 9.17) is 4.74 Å². The molecule has 1 amide bonds. The van der Waals surface area contributed by atoms with E-state index in [1.54, 1.807) is 0 Å². The Morgan fingerprint density at radius 2 is 2.12 bits per heavy atom. The molecule has 0 radical (unpaired) electrons. The highest BCUT2D eigenvalue weighted by atomic mass is 16.6. The van der Waals surface area contributed by atoms with Crippen LogP contribution in [0.5, 0.6) is 0 Å². The Morgan fingerprint density at radius 3 is 2.79 bits per heavy atom. The van der Waals surface area contributed by atoms with E-state index >= 15 is 0 Å². The Bertz CT molecular complexity index is 563. The summed E-state index contributed by atoms with van der Waals surface area (Å²) in [6.07, 6.45) is 3.95. The van der Waals surface area contributed by atoms with Gasteiger partial charge >= 0.3 is 6.09 Å². The first-order valence-corrected chi connectivity index (χ1v) is 9.13. The Hall–Kier alpha value is -1.55. The summed E-state index contributed by atoms with van der Waals surface area (Å²) >= 11 is 0. The first-order valence-electron chi connectivity index (χ1n) is 9.13. The molecule has 1 aromatic rings. The lowest BCUT2D eigenvalue weighted by Crippen LogP contribution is -2.36. The number of alkyl carbamates (subject to hydrolysis) is 1. The van der Waals surface area contributed by atoms with Gasteiger partial charge in [-0.15, -0.1) is 0 Å². The topological polar surface area (TPSA) is 50.4 Å². The maximum absolute atomic E-state index is 12.1. The van der Waals surface area contributed by atoms with Crippen LogP contribution in [0.2, 0.25) is 0 Å². The van der Waals surface area contributed by atoms with Gasteiger partial charge in [0.2, 0.25) is 0 Å². The molecule has 0 aliphatic heterocycles. The fraction of sp³-hybridized carbons (Fsp3) is 0.650. The van der Waals surface area contributed by atoms with Crippen molar-refractivity contribution in [3.05, 3.63) is 34.9 Å². The van der Waals surface area contributed by atoms with Gasteiger partial charge in [0.25, 0.3) is 0 Å². The van der Waals surface area contributed by atoms with E-state index < -0.39 is 5.60 Å². The Balaban J connectivity index is 2.03. The number of aryl methyl sites for hydroxylation is 1. The molecule has 0 bridgehead atoms. The van der Waals surface area contributed by atoms with Crippen molar-refractivity contribution in [1.29, 1.82) is 0 Å². The van der Waals surface area contributed by atoms with Gasteiger partial charge < -0.3 is 15.4 Å². The fourth-order valence-corrected chi connectivity index (χ4v) is 3.01. The van der Waals surface area contributed by atoms with Crippen molar-refractivity contribution < 1.29 is 9.53 Å². The van der Waals surface area contributed by atoms with Gasteiger partial charge in [-0.05, 0) is 70.1 Å². The predicted octanol–water partition coefficient (Wildman–Crippen LogP) is 4.48. The standard InChI is InChI=1S/C20H32N2O2/c1-6-14(2)21-13-15-10-11-17-16(12-15)8-7-9-18(17)22-19(23)24-20(3,4)5/h10-12,14,18,21H,6-9,13H2,1-5H3,(H,22,23). The van der Waals surface area contributed by atoms with Gasteiger partial charge in [-0.1, -0.05) is 25.1 Å². The fourth-order valence-electron chi connectivity index (χ4n) is 3.01. The van der Waals surface area contributed by atoms with Crippen LogP contribution < -0.4 is 10.6 Å². The molecule has 0 aromatic heterocycles. The molecular weight excluding hydrogens is 300 g/mol. The van der Waals surface area contributed by atoms with Crippen LogP contribution >= 0.6 is 0 Å². The highest BCUT2D eigenvalue weighted by Gasteiger charge is 2.24. The lowest BCUT2D eigenvalue weighted by Gasteiger charge is -2.28. The zero-order valence-corrected chi connectivity index (χ0v) is 15.7. The number of ether oxygens (including phenoxy) is 1. The molecule has 2 rings (SSSR count). The highest BCUT2D eigenvalue weighted by molar-refractivity contribution is 5.68. The van der Waals surface area contributed by atoms with Gasteiger partial charge in [0.05, 0.1) is 6.04 Å². The average Bonchev–Trinajstić information content (AvgIpc) is 2.50. The van der Waals surface area contributed by atoms with Crippen molar-refractivity contribution in [2.75, 3.05) is 0 Å². The first-order chi connectivity index (χ1) is 11.3. The number of fused-ring (bicyclic) bond motifs is 1.